The predicted molar refractivity (Wildman–Crippen MR) is 87.8 cm³/mol. The second kappa shape index (κ2) is 5.51. The summed E-state index contributed by atoms with van der Waals surface area (Å²) < 4.78 is 0. The number of imide groups is 1. The molecule has 3 amide bonds. The van der Waals surface area contributed by atoms with Gasteiger partial charge in [0.2, 0.25) is 17.7 Å². The minimum absolute atomic E-state index is 0.162. The van der Waals surface area contributed by atoms with Gasteiger partial charge in [0.05, 0.1) is 18.4 Å². The maximum atomic E-state index is 12.6. The molecule has 0 spiro atoms. The van der Waals surface area contributed by atoms with E-state index in [1.165, 1.54) is 21.1 Å². The molecule has 24 heavy (non-hydrogen) atoms. The van der Waals surface area contributed by atoms with Gasteiger partial charge in [-0.1, -0.05) is 12.2 Å². The number of aromatic nitrogens is 1. The fraction of sp³-hybridized carbons (Fsp3) is 0.529. The summed E-state index contributed by atoms with van der Waals surface area (Å²) in [5.41, 5.74) is 0.927. The third-order valence-electron chi connectivity index (χ3n) is 5.32. The third kappa shape index (κ3) is 2.30. The Bertz CT molecular complexity index is 726. The van der Waals surface area contributed by atoms with Crippen molar-refractivity contribution in [3.63, 3.8) is 0 Å². The Morgan fingerprint density at radius 3 is 2.46 bits per heavy atom. The standard InChI is InChI=1S/C17H19N3O3S/c1-9-8-24-12(18-9)6-19(2)13(21)7-20-16(22)14-10-3-4-11(5-10)15(14)17(20)23/h3-4,8,10-11,14-15H,5-7H2,1-2H3. The van der Waals surface area contributed by atoms with Crippen LogP contribution in [0.25, 0.3) is 0 Å². The number of rotatable bonds is 4. The van der Waals surface area contributed by atoms with Gasteiger partial charge in [-0.15, -0.1) is 11.3 Å². The van der Waals surface area contributed by atoms with Gasteiger partial charge >= 0.3 is 0 Å². The van der Waals surface area contributed by atoms with E-state index in [-0.39, 0.29) is 47.9 Å². The van der Waals surface area contributed by atoms with Gasteiger partial charge in [-0.2, -0.15) is 0 Å². The van der Waals surface area contributed by atoms with E-state index in [0.29, 0.717) is 6.54 Å². The number of hydrogen-bond donors (Lipinski definition) is 0. The number of aryl methyl sites for hydroxylation is 1. The average Bonchev–Trinajstić information content (AvgIpc) is 3.29. The molecule has 4 atom stereocenters. The number of thiazole rings is 1. The Kier molecular flexibility index (Phi) is 3.56. The first-order valence-electron chi connectivity index (χ1n) is 8.14. The number of carbonyl (C=O) groups excluding carboxylic acids is 3. The van der Waals surface area contributed by atoms with E-state index in [9.17, 15) is 14.4 Å². The number of allylic oxidation sites excluding steroid dienone is 2. The highest BCUT2D eigenvalue weighted by atomic mass is 32.1. The molecule has 126 valence electrons. The van der Waals surface area contributed by atoms with Gasteiger partial charge in [0.1, 0.15) is 11.6 Å². The van der Waals surface area contributed by atoms with Crippen molar-refractivity contribution >= 4 is 29.1 Å². The molecule has 1 saturated heterocycles. The number of fused-ring (bicyclic) bond motifs is 5. The molecule has 4 unspecified atom stereocenters. The van der Waals surface area contributed by atoms with E-state index in [1.54, 1.807) is 7.05 Å². The van der Waals surface area contributed by atoms with Crippen molar-refractivity contribution in [2.45, 2.75) is 19.9 Å². The van der Waals surface area contributed by atoms with Crippen LogP contribution < -0.4 is 0 Å². The Morgan fingerprint density at radius 1 is 1.29 bits per heavy atom. The van der Waals surface area contributed by atoms with E-state index in [0.717, 1.165) is 17.1 Å². The Morgan fingerprint density at radius 2 is 1.92 bits per heavy atom. The normalized spacial score (nSPS) is 30.3. The van der Waals surface area contributed by atoms with E-state index in [1.807, 2.05) is 12.3 Å². The first-order chi connectivity index (χ1) is 11.5. The highest BCUT2D eigenvalue weighted by Gasteiger charge is 2.59. The molecular formula is C17H19N3O3S. The fourth-order valence-electron chi connectivity index (χ4n) is 4.14. The molecule has 2 bridgehead atoms. The summed E-state index contributed by atoms with van der Waals surface area (Å²) >= 11 is 1.50. The van der Waals surface area contributed by atoms with E-state index < -0.39 is 0 Å². The molecule has 0 aromatic carbocycles. The zero-order valence-corrected chi connectivity index (χ0v) is 14.5. The summed E-state index contributed by atoms with van der Waals surface area (Å²) in [6.07, 6.45) is 5.01. The lowest BCUT2D eigenvalue weighted by Gasteiger charge is -2.21. The van der Waals surface area contributed by atoms with Crippen molar-refractivity contribution < 1.29 is 14.4 Å². The van der Waals surface area contributed by atoms with Crippen LogP contribution in [0.5, 0.6) is 0 Å². The molecule has 3 aliphatic rings. The first kappa shape index (κ1) is 15.5. The lowest BCUT2D eigenvalue weighted by atomic mass is 9.85. The number of amides is 3. The van der Waals surface area contributed by atoms with Gasteiger partial charge in [0.25, 0.3) is 0 Å². The Hall–Kier alpha value is -2.02. The van der Waals surface area contributed by atoms with Gasteiger partial charge in [-0.05, 0) is 25.2 Å². The van der Waals surface area contributed by atoms with Crippen molar-refractivity contribution in [2.75, 3.05) is 13.6 Å². The van der Waals surface area contributed by atoms with Crippen LogP contribution in [0, 0.1) is 30.6 Å². The van der Waals surface area contributed by atoms with Gasteiger partial charge in [0, 0.05) is 18.1 Å². The van der Waals surface area contributed by atoms with Crippen LogP contribution in [-0.4, -0.2) is 46.1 Å². The molecule has 0 N–H and O–H groups in total. The van der Waals surface area contributed by atoms with Crippen LogP contribution in [0.1, 0.15) is 17.1 Å². The number of likely N-dealkylation sites (N-methyl/N-ethyl adjacent to an activating group) is 1. The van der Waals surface area contributed by atoms with Crippen molar-refractivity contribution in [3.8, 4) is 0 Å². The maximum Gasteiger partial charge on any atom is 0.242 e. The van der Waals surface area contributed by atoms with E-state index in [2.05, 4.69) is 17.1 Å². The molecule has 1 aromatic heterocycles. The fourth-order valence-corrected chi connectivity index (χ4v) is 4.97. The molecule has 1 aliphatic heterocycles. The summed E-state index contributed by atoms with van der Waals surface area (Å²) in [7, 11) is 1.68. The Balaban J connectivity index is 1.43. The zero-order valence-electron chi connectivity index (χ0n) is 13.6. The SMILES string of the molecule is Cc1csc(CN(C)C(=O)CN2C(=O)C3C4C=CC(C4)C3C2=O)n1. The minimum atomic E-state index is -0.243. The van der Waals surface area contributed by atoms with Crippen LogP contribution in [0.2, 0.25) is 0 Å². The summed E-state index contributed by atoms with van der Waals surface area (Å²) in [6.45, 7) is 2.14. The van der Waals surface area contributed by atoms with Crippen LogP contribution in [-0.2, 0) is 20.9 Å². The molecule has 1 saturated carbocycles. The second-order valence-corrected chi connectivity index (χ2v) is 7.84. The highest BCUT2D eigenvalue weighted by molar-refractivity contribution is 7.09. The third-order valence-corrected chi connectivity index (χ3v) is 6.27. The van der Waals surface area contributed by atoms with Gasteiger partial charge in [0.15, 0.2) is 0 Å². The molecular weight excluding hydrogens is 326 g/mol. The summed E-state index contributed by atoms with van der Waals surface area (Å²) in [5.74, 6) is -0.716. The zero-order chi connectivity index (χ0) is 17.0. The quantitative estimate of drug-likeness (QED) is 0.608. The molecule has 2 heterocycles. The number of carbonyl (C=O) groups is 3. The maximum absolute atomic E-state index is 12.6. The Labute approximate surface area is 144 Å². The summed E-state index contributed by atoms with van der Waals surface area (Å²) in [5, 5.41) is 2.78. The molecule has 6 nitrogen and oxygen atoms in total. The molecule has 2 aliphatic carbocycles. The van der Waals surface area contributed by atoms with Gasteiger partial charge < -0.3 is 4.90 Å². The van der Waals surface area contributed by atoms with E-state index in [4.69, 9.17) is 0 Å². The molecule has 1 aromatic rings. The lowest BCUT2D eigenvalue weighted by Crippen LogP contribution is -2.42. The van der Waals surface area contributed by atoms with Crippen molar-refractivity contribution in [1.29, 1.82) is 0 Å². The van der Waals surface area contributed by atoms with Crippen molar-refractivity contribution in [3.05, 3.63) is 28.2 Å². The molecule has 7 heteroatoms. The van der Waals surface area contributed by atoms with Gasteiger partial charge in [-0.3, -0.25) is 19.3 Å². The van der Waals surface area contributed by atoms with Crippen LogP contribution in [0.3, 0.4) is 0 Å². The lowest BCUT2D eigenvalue weighted by molar-refractivity contribution is -0.146. The van der Waals surface area contributed by atoms with Crippen molar-refractivity contribution in [1.82, 2.24) is 14.8 Å². The van der Waals surface area contributed by atoms with Crippen LogP contribution in [0.15, 0.2) is 17.5 Å². The molecule has 2 fully saturated rings. The monoisotopic (exact) mass is 345 g/mol. The number of hydrogen-bond acceptors (Lipinski definition) is 5. The van der Waals surface area contributed by atoms with Crippen LogP contribution >= 0.6 is 11.3 Å². The highest BCUT2D eigenvalue weighted by Crippen LogP contribution is 2.52. The molecule has 0 radical (unpaired) electrons. The summed E-state index contributed by atoms with van der Waals surface area (Å²) in [4.78, 5) is 44.7. The average molecular weight is 345 g/mol. The van der Waals surface area contributed by atoms with Gasteiger partial charge in [-0.25, -0.2) is 4.98 Å². The van der Waals surface area contributed by atoms with E-state index >= 15 is 0 Å². The largest absolute Gasteiger partial charge is 0.337 e. The second-order valence-electron chi connectivity index (χ2n) is 6.89. The first-order valence-corrected chi connectivity index (χ1v) is 9.02. The molecule has 4 rings (SSSR count). The predicted octanol–water partition coefficient (Wildman–Crippen LogP) is 1.22. The summed E-state index contributed by atoms with van der Waals surface area (Å²) in [6, 6.07) is 0. The smallest absolute Gasteiger partial charge is 0.242 e. The number of nitrogens with zero attached hydrogens (tertiary/aromatic N) is 3. The van der Waals surface area contributed by atoms with Crippen molar-refractivity contribution in [2.24, 2.45) is 23.7 Å². The minimum Gasteiger partial charge on any atom is -0.337 e. The van der Waals surface area contributed by atoms with Crippen LogP contribution in [0.4, 0.5) is 0 Å². The topological polar surface area (TPSA) is 70.6 Å². The number of likely N-dealkylation sites (tertiary alicyclic amines) is 1.